The predicted octanol–water partition coefficient (Wildman–Crippen LogP) is 3.09. The quantitative estimate of drug-likeness (QED) is 0.563. The molecular weight excluding hydrogens is 408 g/mol. The maximum atomic E-state index is 12.5. The smallest absolute Gasteiger partial charge is 0.260 e. The fraction of sp³-hybridized carbons (Fsp3) is 0.375. The first-order valence-electron chi connectivity index (χ1n) is 10.7. The summed E-state index contributed by atoms with van der Waals surface area (Å²) in [7, 11) is 1.63. The molecule has 0 bridgehead atoms. The van der Waals surface area contributed by atoms with E-state index >= 15 is 0 Å². The molecule has 2 aromatic carbocycles. The number of hydrogen-bond acceptors (Lipinski definition) is 7. The zero-order valence-electron chi connectivity index (χ0n) is 18.7. The molecule has 168 valence electrons. The molecule has 0 radical (unpaired) electrons. The Labute approximate surface area is 187 Å². The summed E-state index contributed by atoms with van der Waals surface area (Å²) in [6.07, 6.45) is 0. The molecule has 32 heavy (non-hydrogen) atoms. The number of hydrogen-bond donors (Lipinski definition) is 0. The van der Waals surface area contributed by atoms with Crippen molar-refractivity contribution in [2.24, 2.45) is 0 Å². The van der Waals surface area contributed by atoms with Gasteiger partial charge in [-0.3, -0.25) is 9.69 Å². The van der Waals surface area contributed by atoms with Gasteiger partial charge in [0.25, 0.3) is 5.91 Å². The molecule has 1 aliphatic rings. The average Bonchev–Trinajstić information content (AvgIpc) is 3.26. The third kappa shape index (κ3) is 5.45. The number of nitrogens with zero attached hydrogens (tertiary/aromatic N) is 4. The molecular formula is C24H28N4O4. The Bertz CT molecular complexity index is 1040. The Morgan fingerprint density at radius 3 is 2.34 bits per heavy atom. The lowest BCUT2D eigenvalue weighted by atomic mass is 10.1. The number of piperazine rings is 1. The SMILES string of the molecule is COc1ccc(-c2noc(CN3CCN(C(=O)COc4cc(C)cc(C)c4)CC3)n2)cc1. The fourth-order valence-electron chi connectivity index (χ4n) is 3.78. The van der Waals surface area contributed by atoms with Crippen LogP contribution in [0.15, 0.2) is 47.0 Å². The third-order valence-electron chi connectivity index (χ3n) is 5.46. The van der Waals surface area contributed by atoms with Crippen molar-refractivity contribution in [1.29, 1.82) is 0 Å². The second kappa shape index (κ2) is 9.82. The van der Waals surface area contributed by atoms with E-state index in [1.165, 1.54) is 0 Å². The minimum atomic E-state index is 0.00314. The van der Waals surface area contributed by atoms with Crippen LogP contribution in [0.2, 0.25) is 0 Å². The number of amides is 1. The van der Waals surface area contributed by atoms with Gasteiger partial charge in [-0.25, -0.2) is 0 Å². The summed E-state index contributed by atoms with van der Waals surface area (Å²) in [5.74, 6) is 2.64. The van der Waals surface area contributed by atoms with Gasteiger partial charge in [0.2, 0.25) is 11.7 Å². The number of benzene rings is 2. The lowest BCUT2D eigenvalue weighted by Gasteiger charge is -2.33. The van der Waals surface area contributed by atoms with Gasteiger partial charge in [-0.05, 0) is 61.4 Å². The van der Waals surface area contributed by atoms with Gasteiger partial charge >= 0.3 is 0 Å². The van der Waals surface area contributed by atoms with Crippen LogP contribution in [-0.4, -0.2) is 65.7 Å². The zero-order valence-corrected chi connectivity index (χ0v) is 18.7. The van der Waals surface area contributed by atoms with Crippen molar-refractivity contribution in [3.63, 3.8) is 0 Å². The normalized spacial score (nSPS) is 14.4. The summed E-state index contributed by atoms with van der Waals surface area (Å²) >= 11 is 0. The third-order valence-corrected chi connectivity index (χ3v) is 5.46. The minimum Gasteiger partial charge on any atom is -0.497 e. The molecule has 3 aromatic rings. The Kier molecular flexibility index (Phi) is 6.70. The Balaban J connectivity index is 1.25. The standard InChI is InChI=1S/C24H28N4O4/c1-17-12-18(2)14-21(13-17)31-16-23(29)28-10-8-27(9-11-28)15-22-25-24(26-32-22)19-4-6-20(30-3)7-5-19/h4-7,12-14H,8-11,15-16H2,1-3H3. The molecule has 1 fully saturated rings. The summed E-state index contributed by atoms with van der Waals surface area (Å²) in [4.78, 5) is 21.1. The molecule has 0 unspecified atom stereocenters. The van der Waals surface area contributed by atoms with Crippen molar-refractivity contribution >= 4 is 5.91 Å². The number of carbonyl (C=O) groups excluding carboxylic acids is 1. The summed E-state index contributed by atoms with van der Waals surface area (Å²) in [5, 5.41) is 4.08. The highest BCUT2D eigenvalue weighted by molar-refractivity contribution is 5.77. The molecule has 0 atom stereocenters. The summed E-state index contributed by atoms with van der Waals surface area (Å²) in [6.45, 7) is 7.44. The first-order chi connectivity index (χ1) is 15.5. The second-order valence-electron chi connectivity index (χ2n) is 8.01. The van der Waals surface area contributed by atoms with Gasteiger partial charge in [-0.1, -0.05) is 11.2 Å². The van der Waals surface area contributed by atoms with Crippen molar-refractivity contribution in [2.75, 3.05) is 39.9 Å². The van der Waals surface area contributed by atoms with Gasteiger partial charge in [-0.2, -0.15) is 4.98 Å². The molecule has 4 rings (SSSR count). The van der Waals surface area contributed by atoms with Crippen LogP contribution in [0.3, 0.4) is 0 Å². The first-order valence-corrected chi connectivity index (χ1v) is 10.7. The fourth-order valence-corrected chi connectivity index (χ4v) is 3.78. The van der Waals surface area contributed by atoms with Gasteiger partial charge in [0.05, 0.1) is 13.7 Å². The number of rotatable bonds is 7. The van der Waals surface area contributed by atoms with Crippen molar-refractivity contribution in [3.05, 3.63) is 59.5 Å². The molecule has 1 saturated heterocycles. The van der Waals surface area contributed by atoms with Crippen LogP contribution >= 0.6 is 0 Å². The molecule has 1 aromatic heterocycles. The van der Waals surface area contributed by atoms with Crippen LogP contribution in [0, 0.1) is 13.8 Å². The van der Waals surface area contributed by atoms with Crippen molar-refractivity contribution in [3.8, 4) is 22.9 Å². The zero-order chi connectivity index (χ0) is 22.5. The first kappa shape index (κ1) is 21.8. The van der Waals surface area contributed by atoms with Gasteiger partial charge in [0.15, 0.2) is 6.61 Å². The molecule has 1 amide bonds. The van der Waals surface area contributed by atoms with Gasteiger partial charge < -0.3 is 18.9 Å². The van der Waals surface area contributed by atoms with Crippen LogP contribution in [-0.2, 0) is 11.3 Å². The molecule has 0 aliphatic carbocycles. The summed E-state index contributed by atoms with van der Waals surface area (Å²) < 4.78 is 16.3. The van der Waals surface area contributed by atoms with Gasteiger partial charge in [0, 0.05) is 31.7 Å². The van der Waals surface area contributed by atoms with Gasteiger partial charge in [0.1, 0.15) is 11.5 Å². The predicted molar refractivity (Wildman–Crippen MR) is 120 cm³/mol. The van der Waals surface area contributed by atoms with E-state index in [-0.39, 0.29) is 12.5 Å². The maximum Gasteiger partial charge on any atom is 0.260 e. The van der Waals surface area contributed by atoms with Crippen LogP contribution in [0.5, 0.6) is 11.5 Å². The van der Waals surface area contributed by atoms with Crippen LogP contribution in [0.4, 0.5) is 0 Å². The van der Waals surface area contributed by atoms with E-state index in [9.17, 15) is 4.79 Å². The highest BCUT2D eigenvalue weighted by Gasteiger charge is 2.23. The summed E-state index contributed by atoms with van der Waals surface area (Å²) in [5.41, 5.74) is 3.12. The number of aryl methyl sites for hydroxylation is 2. The molecule has 2 heterocycles. The van der Waals surface area contributed by atoms with E-state index in [1.807, 2.05) is 55.1 Å². The number of methoxy groups -OCH3 is 1. The summed E-state index contributed by atoms with van der Waals surface area (Å²) in [6, 6.07) is 13.5. The molecule has 1 aliphatic heterocycles. The van der Waals surface area contributed by atoms with E-state index in [2.05, 4.69) is 21.1 Å². The van der Waals surface area contributed by atoms with Crippen molar-refractivity contribution in [1.82, 2.24) is 19.9 Å². The topological polar surface area (TPSA) is 80.9 Å². The molecule has 0 spiro atoms. The number of aromatic nitrogens is 2. The lowest BCUT2D eigenvalue weighted by Crippen LogP contribution is -2.49. The van der Waals surface area contributed by atoms with Crippen molar-refractivity contribution < 1.29 is 18.8 Å². The number of ether oxygens (including phenoxy) is 2. The van der Waals surface area contributed by atoms with Crippen LogP contribution < -0.4 is 9.47 Å². The molecule has 8 nitrogen and oxygen atoms in total. The molecule has 0 saturated carbocycles. The average molecular weight is 437 g/mol. The van der Waals surface area contributed by atoms with E-state index in [0.29, 0.717) is 31.3 Å². The van der Waals surface area contributed by atoms with Crippen LogP contribution in [0.1, 0.15) is 17.0 Å². The van der Waals surface area contributed by atoms with E-state index in [0.717, 1.165) is 41.3 Å². The van der Waals surface area contributed by atoms with Crippen molar-refractivity contribution in [2.45, 2.75) is 20.4 Å². The molecule has 8 heteroatoms. The molecule has 0 N–H and O–H groups in total. The maximum absolute atomic E-state index is 12.5. The Hall–Kier alpha value is -3.39. The lowest BCUT2D eigenvalue weighted by molar-refractivity contribution is -0.135. The highest BCUT2D eigenvalue weighted by Crippen LogP contribution is 2.20. The van der Waals surface area contributed by atoms with E-state index in [4.69, 9.17) is 14.0 Å². The monoisotopic (exact) mass is 436 g/mol. The number of carbonyl (C=O) groups is 1. The Morgan fingerprint density at radius 1 is 1.00 bits per heavy atom. The largest absolute Gasteiger partial charge is 0.497 e. The highest BCUT2D eigenvalue weighted by atomic mass is 16.5. The second-order valence-corrected chi connectivity index (χ2v) is 8.01. The van der Waals surface area contributed by atoms with Gasteiger partial charge in [-0.15, -0.1) is 0 Å². The Morgan fingerprint density at radius 2 is 1.69 bits per heavy atom. The van der Waals surface area contributed by atoms with Crippen LogP contribution in [0.25, 0.3) is 11.4 Å². The van der Waals surface area contributed by atoms with E-state index < -0.39 is 0 Å². The minimum absolute atomic E-state index is 0.00314. The van der Waals surface area contributed by atoms with E-state index in [1.54, 1.807) is 7.11 Å².